The quantitative estimate of drug-likeness (QED) is 0.0626. The van der Waals surface area contributed by atoms with Gasteiger partial charge in [-0.2, -0.15) is 0 Å². The number of Topliss-reactive ketones (excluding diaryl/α,β-unsaturated/α-hetero) is 3. The second kappa shape index (κ2) is 22.4. The lowest BCUT2D eigenvalue weighted by Crippen LogP contribution is -2.52. The van der Waals surface area contributed by atoms with Gasteiger partial charge in [-0.3, -0.25) is 33.6 Å². The van der Waals surface area contributed by atoms with Crippen molar-refractivity contribution in [2.45, 2.75) is 96.2 Å². The number of nitrogens with zero attached hydrogens (tertiary/aromatic N) is 2. The number of phenolic OH excluding ortho intramolecular Hbond substituents is 2. The van der Waals surface area contributed by atoms with Crippen molar-refractivity contribution in [3.8, 4) is 33.8 Å². The summed E-state index contributed by atoms with van der Waals surface area (Å²) in [6.45, 7) is 3.84. The molecule has 354 valence electrons. The van der Waals surface area contributed by atoms with Crippen molar-refractivity contribution in [1.82, 2.24) is 15.1 Å². The number of amides is 4. The van der Waals surface area contributed by atoms with Crippen LogP contribution in [0.5, 0.6) is 11.5 Å². The third-order valence-corrected chi connectivity index (χ3v) is 13.3. The molecule has 4 aromatic carbocycles. The molecule has 67 heavy (non-hydrogen) atoms. The van der Waals surface area contributed by atoms with Crippen LogP contribution in [0.3, 0.4) is 0 Å². The Hall–Kier alpha value is -6.38. The molecule has 0 unspecified atom stereocenters. The minimum absolute atomic E-state index is 0.0515. The Kier molecular flexibility index (Phi) is 16.7. The first-order chi connectivity index (χ1) is 32.0. The zero-order chi connectivity index (χ0) is 48.5. The molecule has 2 heterocycles. The number of nitrogens with one attached hydrogen (secondary N) is 1. The molecule has 15 heteroatoms. The Balaban J connectivity index is 1.29. The Bertz CT molecular complexity index is 2490. The number of fused-ring (bicyclic) bond motifs is 5. The van der Waals surface area contributed by atoms with E-state index in [-0.39, 0.29) is 54.1 Å². The van der Waals surface area contributed by atoms with E-state index >= 15 is 0 Å². The van der Waals surface area contributed by atoms with Gasteiger partial charge in [0.2, 0.25) is 23.6 Å². The number of nitrogens with two attached hydrogens (primary N) is 2. The second-order valence-electron chi connectivity index (χ2n) is 18.0. The number of benzene rings is 4. The molecule has 0 aliphatic carbocycles. The molecule has 0 radical (unpaired) electrons. The zero-order valence-corrected chi connectivity index (χ0v) is 39.0. The summed E-state index contributed by atoms with van der Waals surface area (Å²) in [6.07, 6.45) is 2.46. The maximum absolute atomic E-state index is 14.7. The van der Waals surface area contributed by atoms with Crippen LogP contribution in [0.4, 0.5) is 0 Å². The third kappa shape index (κ3) is 12.2. The summed E-state index contributed by atoms with van der Waals surface area (Å²) in [6, 6.07) is 20.1. The number of likely N-dealkylation sites (N-methyl/N-ethyl adjacent to an activating group) is 1. The van der Waals surface area contributed by atoms with E-state index in [1.54, 1.807) is 50.2 Å². The predicted octanol–water partition coefficient (Wildman–Crippen LogP) is 6.70. The fourth-order valence-corrected chi connectivity index (χ4v) is 9.32. The number of halogens is 1. The van der Waals surface area contributed by atoms with E-state index in [2.05, 4.69) is 5.32 Å². The van der Waals surface area contributed by atoms with Crippen LogP contribution < -0.4 is 16.8 Å². The van der Waals surface area contributed by atoms with Crippen molar-refractivity contribution in [2.24, 2.45) is 29.2 Å². The predicted molar refractivity (Wildman–Crippen MR) is 255 cm³/mol. The molecule has 6 atom stereocenters. The first-order valence-corrected chi connectivity index (χ1v) is 23.3. The molecule has 1 saturated heterocycles. The molecule has 14 nitrogen and oxygen atoms in total. The molecule has 4 bridgehead atoms. The second-order valence-corrected chi connectivity index (χ2v) is 18.5. The third-order valence-electron chi connectivity index (χ3n) is 13.0. The number of phenols is 2. The standard InChI is InChI=1S/C52H60ClN5O9/c1-30-24-47(63)48(57(3)52(67)37(8-4-6-22-54)29-45(61)35-13-11-33(12-14-35)34-15-18-38(53)19-16-34)36-17-21-44(60)40(28-36)39-26-32(10-20-43(39)59)27-41(56-50(30)65)46(62)25-31(2)51(66)58-23-7-5-9-42(58)49(55)64/h10-21,26,28,30-31,37,41-42,48,59-60H,4-9,22-25,27,29,54H2,1-3H3,(H2,55,64)(H,56,65)/t30-,31-,37-,41+,42+,48+/m1/s1. The van der Waals surface area contributed by atoms with Gasteiger partial charge in [0.25, 0.3) is 0 Å². The molecule has 4 aromatic rings. The summed E-state index contributed by atoms with van der Waals surface area (Å²) >= 11 is 6.07. The SMILES string of the molecule is C[C@@H]1CC(=O)[C@@H](N(C)C(=O)[C@H](CCCCN)CC(=O)c2ccc(-c3ccc(Cl)cc3)cc2)c2ccc(O)c(c2)-c2cc(ccc2O)C[C@@H](C(=O)C[C@@H](C)C(=O)N2CCCC[C@H]2C(N)=O)NC1=O. The molecule has 6 rings (SSSR count). The lowest BCUT2D eigenvalue weighted by molar-refractivity contribution is -0.145. The molecule has 0 spiro atoms. The number of aromatic hydroxyl groups is 2. The van der Waals surface area contributed by atoms with E-state index in [1.165, 1.54) is 41.1 Å². The minimum atomic E-state index is -1.30. The number of carbonyl (C=O) groups is 7. The summed E-state index contributed by atoms with van der Waals surface area (Å²) in [5, 5.41) is 25.8. The number of hydrogen-bond acceptors (Lipinski definition) is 10. The van der Waals surface area contributed by atoms with E-state index in [0.29, 0.717) is 66.9 Å². The molecular formula is C52H60ClN5O9. The number of piperidine rings is 1. The molecule has 0 saturated carbocycles. The topological polar surface area (TPSA) is 230 Å². The Morgan fingerprint density at radius 2 is 1.49 bits per heavy atom. The zero-order valence-electron chi connectivity index (χ0n) is 38.2. The number of hydrogen-bond donors (Lipinski definition) is 5. The van der Waals surface area contributed by atoms with Crippen LogP contribution in [0.15, 0.2) is 84.9 Å². The van der Waals surface area contributed by atoms with E-state index < -0.39 is 71.1 Å². The first-order valence-electron chi connectivity index (χ1n) is 22.9. The molecule has 0 aromatic heterocycles. The highest BCUT2D eigenvalue weighted by atomic mass is 35.5. The van der Waals surface area contributed by atoms with Gasteiger partial charge in [-0.05, 0) is 104 Å². The molecular weight excluding hydrogens is 874 g/mol. The minimum Gasteiger partial charge on any atom is -0.507 e. The van der Waals surface area contributed by atoms with Gasteiger partial charge in [0.1, 0.15) is 23.6 Å². The average Bonchev–Trinajstić information content (AvgIpc) is 3.31. The lowest BCUT2D eigenvalue weighted by atomic mass is 9.87. The number of rotatable bonds is 15. The van der Waals surface area contributed by atoms with Crippen LogP contribution in [0.25, 0.3) is 22.3 Å². The van der Waals surface area contributed by atoms with Gasteiger partial charge in [0.15, 0.2) is 17.3 Å². The summed E-state index contributed by atoms with van der Waals surface area (Å²) in [4.78, 5) is 99.9. The van der Waals surface area contributed by atoms with Crippen LogP contribution in [-0.2, 0) is 35.2 Å². The highest BCUT2D eigenvalue weighted by Gasteiger charge is 2.38. The monoisotopic (exact) mass is 933 g/mol. The Labute approximate surface area is 396 Å². The first kappa shape index (κ1) is 50.0. The molecule has 1 fully saturated rings. The maximum atomic E-state index is 14.7. The molecule has 7 N–H and O–H groups in total. The number of unbranched alkanes of at least 4 members (excludes halogenated alkanes) is 1. The molecule has 2 aliphatic rings. The molecule has 4 amide bonds. The van der Waals surface area contributed by atoms with Crippen molar-refractivity contribution in [2.75, 3.05) is 20.1 Å². The summed E-state index contributed by atoms with van der Waals surface area (Å²) in [5.74, 6) is -6.52. The highest BCUT2D eigenvalue weighted by Crippen LogP contribution is 2.40. The van der Waals surface area contributed by atoms with Crippen LogP contribution in [0, 0.1) is 17.8 Å². The fourth-order valence-electron chi connectivity index (χ4n) is 9.19. The maximum Gasteiger partial charge on any atom is 0.240 e. The lowest BCUT2D eigenvalue weighted by Gasteiger charge is -2.35. The van der Waals surface area contributed by atoms with Crippen molar-refractivity contribution >= 4 is 52.6 Å². The van der Waals surface area contributed by atoms with E-state index in [4.69, 9.17) is 23.1 Å². The largest absolute Gasteiger partial charge is 0.507 e. The van der Waals surface area contributed by atoms with Gasteiger partial charge in [-0.25, -0.2) is 0 Å². The number of carbonyl (C=O) groups excluding carboxylic acids is 7. The number of primary amides is 1. The summed E-state index contributed by atoms with van der Waals surface area (Å²) in [7, 11) is 1.47. The van der Waals surface area contributed by atoms with Crippen molar-refractivity contribution in [1.29, 1.82) is 0 Å². The van der Waals surface area contributed by atoms with Crippen LogP contribution in [-0.4, -0.2) is 93.2 Å². The van der Waals surface area contributed by atoms with Gasteiger partial charge in [-0.15, -0.1) is 0 Å². The van der Waals surface area contributed by atoms with E-state index in [1.807, 2.05) is 24.3 Å². The smallest absolute Gasteiger partial charge is 0.240 e. The Morgan fingerprint density at radius 3 is 2.15 bits per heavy atom. The van der Waals surface area contributed by atoms with E-state index in [9.17, 15) is 43.8 Å². The average molecular weight is 935 g/mol. The van der Waals surface area contributed by atoms with Gasteiger partial charge >= 0.3 is 0 Å². The van der Waals surface area contributed by atoms with Crippen LogP contribution in [0.1, 0.15) is 99.2 Å². The van der Waals surface area contributed by atoms with Crippen molar-refractivity contribution in [3.63, 3.8) is 0 Å². The normalized spacial score (nSPS) is 19.6. The summed E-state index contributed by atoms with van der Waals surface area (Å²) < 4.78 is 0. The number of likely N-dealkylation sites (tertiary alicyclic amines) is 1. The molecule has 2 aliphatic heterocycles. The van der Waals surface area contributed by atoms with Gasteiger partial charge in [0.05, 0.1) is 6.04 Å². The summed E-state index contributed by atoms with van der Waals surface area (Å²) in [5.41, 5.74) is 14.8. The van der Waals surface area contributed by atoms with Crippen LogP contribution in [0.2, 0.25) is 5.02 Å². The van der Waals surface area contributed by atoms with Crippen LogP contribution >= 0.6 is 11.6 Å². The van der Waals surface area contributed by atoms with E-state index in [0.717, 1.165) is 17.5 Å². The Morgan fingerprint density at radius 1 is 0.851 bits per heavy atom. The fraction of sp³-hybridized carbons (Fsp3) is 0.404. The van der Waals surface area contributed by atoms with Gasteiger partial charge in [-0.1, -0.05) is 80.4 Å². The number of ketones is 3. The van der Waals surface area contributed by atoms with Crippen molar-refractivity contribution < 1.29 is 43.8 Å². The highest BCUT2D eigenvalue weighted by molar-refractivity contribution is 6.30. The van der Waals surface area contributed by atoms with Crippen molar-refractivity contribution in [3.05, 3.63) is 107 Å². The van der Waals surface area contributed by atoms with Gasteiger partial charge in [0, 0.05) is 72.3 Å². The van der Waals surface area contributed by atoms with Gasteiger partial charge < -0.3 is 36.8 Å².